The average molecular weight is 694 g/mol. The predicted octanol–water partition coefficient (Wildman–Crippen LogP) is 7.06. The van der Waals surface area contributed by atoms with E-state index >= 15 is 0 Å². The molecule has 1 heterocycles. The van der Waals surface area contributed by atoms with Crippen molar-refractivity contribution in [2.75, 3.05) is 7.11 Å². The molecule has 0 spiro atoms. The Morgan fingerprint density at radius 2 is 1.84 bits per heavy atom. The van der Waals surface area contributed by atoms with Gasteiger partial charge >= 0.3 is 0 Å². The number of aryl methyl sites for hydroxylation is 2. The minimum atomic E-state index is -0.440. The van der Waals surface area contributed by atoms with E-state index in [-0.39, 0.29) is 18.2 Å². The first-order valence-electron chi connectivity index (χ1n) is 10.9. The zero-order valence-corrected chi connectivity index (χ0v) is 24.6. The molecule has 1 aliphatic heterocycles. The van der Waals surface area contributed by atoms with E-state index in [2.05, 4.69) is 48.8 Å². The SMILES string of the molecule is COc1cc(/C=C2\SC(=Nc3cc(C)c(Br)c(C)c3)NC2=O)cc(I)c1OCc1ccc([N+](=O)[O-])cc1. The van der Waals surface area contributed by atoms with Crippen molar-refractivity contribution in [2.45, 2.75) is 20.5 Å². The maximum absolute atomic E-state index is 12.6. The average Bonchev–Trinajstić information content (AvgIpc) is 3.19. The molecule has 4 rings (SSSR count). The Morgan fingerprint density at radius 3 is 2.46 bits per heavy atom. The molecule has 1 amide bonds. The van der Waals surface area contributed by atoms with Gasteiger partial charge in [0.2, 0.25) is 0 Å². The molecule has 1 saturated heterocycles. The summed E-state index contributed by atoms with van der Waals surface area (Å²) in [6.07, 6.45) is 1.78. The molecule has 37 heavy (non-hydrogen) atoms. The molecule has 1 aliphatic rings. The van der Waals surface area contributed by atoms with Crippen LogP contribution in [-0.4, -0.2) is 23.1 Å². The van der Waals surface area contributed by atoms with Crippen molar-refractivity contribution in [1.82, 2.24) is 5.32 Å². The number of nitrogens with one attached hydrogen (secondary N) is 1. The fraction of sp³-hybridized carbons (Fsp3) is 0.154. The largest absolute Gasteiger partial charge is 0.493 e. The fourth-order valence-corrected chi connectivity index (χ4v) is 5.42. The summed E-state index contributed by atoms with van der Waals surface area (Å²) in [5, 5.41) is 14.2. The smallest absolute Gasteiger partial charge is 0.269 e. The molecule has 3 aromatic carbocycles. The fourth-order valence-electron chi connectivity index (χ4n) is 3.57. The molecule has 1 N–H and O–H groups in total. The lowest BCUT2D eigenvalue weighted by Crippen LogP contribution is -2.19. The topological polar surface area (TPSA) is 103 Å². The van der Waals surface area contributed by atoms with E-state index in [1.807, 2.05) is 32.0 Å². The maximum Gasteiger partial charge on any atom is 0.269 e. The van der Waals surface area contributed by atoms with Gasteiger partial charge in [0.15, 0.2) is 16.7 Å². The van der Waals surface area contributed by atoms with Crippen LogP contribution in [0, 0.1) is 27.5 Å². The Bertz CT molecular complexity index is 1430. The van der Waals surface area contributed by atoms with Crippen LogP contribution >= 0.6 is 50.3 Å². The lowest BCUT2D eigenvalue weighted by molar-refractivity contribution is -0.384. The number of rotatable bonds is 7. The van der Waals surface area contributed by atoms with Crippen LogP contribution in [0.15, 0.2) is 62.9 Å². The number of carbonyl (C=O) groups excluding carboxylic acids is 1. The van der Waals surface area contributed by atoms with Gasteiger partial charge in [0.1, 0.15) is 6.61 Å². The quantitative estimate of drug-likeness (QED) is 0.123. The number of halogens is 2. The molecule has 3 aromatic rings. The Balaban J connectivity index is 1.52. The molecule has 0 atom stereocenters. The van der Waals surface area contributed by atoms with Gasteiger partial charge in [-0.2, -0.15) is 0 Å². The first-order valence-corrected chi connectivity index (χ1v) is 13.6. The van der Waals surface area contributed by atoms with Crippen LogP contribution in [0.1, 0.15) is 22.3 Å². The number of amides is 1. The standard InChI is InChI=1S/C26H21BrIN3O5S/c1-14-8-18(9-15(2)23(14)27)29-26-30-25(32)22(37-26)12-17-10-20(28)24(21(11-17)35-3)36-13-16-4-6-19(7-5-16)31(33)34/h4-12H,13H2,1-3H3,(H,29,30,32)/b22-12-. The first kappa shape index (κ1) is 27.1. The molecule has 190 valence electrons. The number of thioether (sulfide) groups is 1. The van der Waals surface area contributed by atoms with E-state index in [4.69, 9.17) is 9.47 Å². The number of nitro groups is 1. The lowest BCUT2D eigenvalue weighted by Gasteiger charge is -2.14. The number of nitrogens with zero attached hydrogens (tertiary/aromatic N) is 2. The Labute approximate surface area is 240 Å². The van der Waals surface area contributed by atoms with E-state index in [0.29, 0.717) is 21.6 Å². The third-order valence-corrected chi connectivity index (χ3v) is 8.34. The zero-order chi connectivity index (χ0) is 26.7. The van der Waals surface area contributed by atoms with Crippen molar-refractivity contribution in [1.29, 1.82) is 0 Å². The third-order valence-electron chi connectivity index (χ3n) is 5.38. The van der Waals surface area contributed by atoms with Crippen LogP contribution in [0.25, 0.3) is 6.08 Å². The Kier molecular flexibility index (Phi) is 8.55. The number of carbonyl (C=O) groups is 1. The molecular formula is C26H21BrIN3O5S. The number of hydrogen-bond donors (Lipinski definition) is 1. The minimum Gasteiger partial charge on any atom is -0.493 e. The first-order chi connectivity index (χ1) is 17.6. The molecule has 0 aromatic heterocycles. The summed E-state index contributed by atoms with van der Waals surface area (Å²) >= 11 is 6.99. The van der Waals surface area contributed by atoms with Gasteiger partial charge in [-0.25, -0.2) is 4.99 Å². The molecule has 11 heteroatoms. The highest BCUT2D eigenvalue weighted by molar-refractivity contribution is 14.1. The van der Waals surface area contributed by atoms with Crippen LogP contribution in [0.3, 0.4) is 0 Å². The third kappa shape index (κ3) is 6.51. The molecule has 0 aliphatic carbocycles. The van der Waals surface area contributed by atoms with Gasteiger partial charge in [0, 0.05) is 16.6 Å². The van der Waals surface area contributed by atoms with Gasteiger partial charge in [-0.1, -0.05) is 15.9 Å². The van der Waals surface area contributed by atoms with Gasteiger partial charge in [0.25, 0.3) is 11.6 Å². The van der Waals surface area contributed by atoms with Gasteiger partial charge in [-0.3, -0.25) is 14.9 Å². The van der Waals surface area contributed by atoms with E-state index in [1.165, 1.54) is 23.9 Å². The summed E-state index contributed by atoms with van der Waals surface area (Å²) in [7, 11) is 1.55. The summed E-state index contributed by atoms with van der Waals surface area (Å²) in [5.41, 5.74) is 4.50. The molecule has 0 saturated carbocycles. The molecule has 8 nitrogen and oxygen atoms in total. The predicted molar refractivity (Wildman–Crippen MR) is 158 cm³/mol. The second-order valence-corrected chi connectivity index (χ2v) is 11.1. The minimum absolute atomic E-state index is 0.0254. The van der Waals surface area contributed by atoms with Crippen LogP contribution < -0.4 is 14.8 Å². The van der Waals surface area contributed by atoms with Crippen molar-refractivity contribution in [3.8, 4) is 11.5 Å². The van der Waals surface area contributed by atoms with E-state index in [0.717, 1.165) is 36.0 Å². The summed E-state index contributed by atoms with van der Waals surface area (Å²) in [6, 6.07) is 13.8. The highest BCUT2D eigenvalue weighted by Crippen LogP contribution is 2.37. The molecule has 1 fully saturated rings. The van der Waals surface area contributed by atoms with Gasteiger partial charge < -0.3 is 14.8 Å². The van der Waals surface area contributed by atoms with Crippen LogP contribution in [0.2, 0.25) is 0 Å². The summed E-state index contributed by atoms with van der Waals surface area (Å²) < 4.78 is 13.4. The molecule has 0 unspecified atom stereocenters. The number of methoxy groups -OCH3 is 1. The van der Waals surface area contributed by atoms with Crippen LogP contribution in [0.4, 0.5) is 11.4 Å². The van der Waals surface area contributed by atoms with Crippen molar-refractivity contribution >= 4 is 78.8 Å². The normalized spacial score (nSPS) is 15.2. The number of ether oxygens (including phenoxy) is 2. The van der Waals surface area contributed by atoms with Gasteiger partial charge in [-0.15, -0.1) is 0 Å². The van der Waals surface area contributed by atoms with E-state index in [9.17, 15) is 14.9 Å². The van der Waals surface area contributed by atoms with Crippen molar-refractivity contribution in [2.24, 2.45) is 4.99 Å². The van der Waals surface area contributed by atoms with Crippen molar-refractivity contribution in [3.63, 3.8) is 0 Å². The van der Waals surface area contributed by atoms with Crippen molar-refractivity contribution in [3.05, 3.63) is 93.8 Å². The highest BCUT2D eigenvalue weighted by Gasteiger charge is 2.24. The maximum atomic E-state index is 12.6. The van der Waals surface area contributed by atoms with Crippen LogP contribution in [0.5, 0.6) is 11.5 Å². The number of hydrogen-bond acceptors (Lipinski definition) is 7. The summed E-state index contributed by atoms with van der Waals surface area (Å²) in [6.45, 7) is 4.22. The monoisotopic (exact) mass is 693 g/mol. The van der Waals surface area contributed by atoms with Gasteiger partial charge in [0.05, 0.1) is 26.2 Å². The molecule has 0 bridgehead atoms. The summed E-state index contributed by atoms with van der Waals surface area (Å²) in [5.74, 6) is 0.843. The lowest BCUT2D eigenvalue weighted by atomic mass is 10.1. The number of amidine groups is 1. The Morgan fingerprint density at radius 1 is 1.16 bits per heavy atom. The number of benzene rings is 3. The van der Waals surface area contributed by atoms with Crippen LogP contribution in [-0.2, 0) is 11.4 Å². The number of aliphatic imine (C=N–C) groups is 1. The van der Waals surface area contributed by atoms with E-state index < -0.39 is 4.92 Å². The zero-order valence-electron chi connectivity index (χ0n) is 20.0. The second-order valence-electron chi connectivity index (χ2n) is 8.12. The molecule has 0 radical (unpaired) electrons. The van der Waals surface area contributed by atoms with Crippen molar-refractivity contribution < 1.29 is 19.2 Å². The number of non-ortho nitro benzene ring substituents is 1. The highest BCUT2D eigenvalue weighted by atomic mass is 127. The van der Waals surface area contributed by atoms with Gasteiger partial charge in [-0.05, 0) is 113 Å². The number of nitro benzene ring substituents is 1. The second kappa shape index (κ2) is 11.7. The summed E-state index contributed by atoms with van der Waals surface area (Å²) in [4.78, 5) is 28.1. The Hall–Kier alpha value is -2.90. The molecular weight excluding hydrogens is 673 g/mol. The van der Waals surface area contributed by atoms with E-state index in [1.54, 1.807) is 31.4 Å².